The minimum Gasteiger partial charge on any atom is -0.218 e. The maximum absolute atomic E-state index is 8.85. The lowest BCUT2D eigenvalue weighted by atomic mass is 10.2. The Hall–Kier alpha value is -1.86. The third-order valence-corrected chi connectivity index (χ3v) is 2.98. The summed E-state index contributed by atoms with van der Waals surface area (Å²) in [4.78, 5) is 4.44. The summed E-state index contributed by atoms with van der Waals surface area (Å²) in [6.07, 6.45) is 1.59. The number of halogens is 1. The molecule has 1 heterocycles. The molecule has 0 unspecified atom stereocenters. The average Bonchev–Trinajstić information content (AvgIpc) is 2.82. The number of aryl methyl sites for hydroxylation is 2. The van der Waals surface area contributed by atoms with Crippen molar-refractivity contribution >= 4 is 11.6 Å². The van der Waals surface area contributed by atoms with Crippen molar-refractivity contribution in [2.24, 2.45) is 0 Å². The van der Waals surface area contributed by atoms with Gasteiger partial charge >= 0.3 is 0 Å². The van der Waals surface area contributed by atoms with Crippen LogP contribution < -0.4 is 0 Å². The molecule has 0 saturated carbocycles. The fourth-order valence-corrected chi connectivity index (χ4v) is 1.92. The maximum Gasteiger partial charge on any atom is 0.151 e. The van der Waals surface area contributed by atoms with Crippen LogP contribution in [0.5, 0.6) is 0 Å². The first-order valence-corrected chi connectivity index (χ1v) is 6.22. The van der Waals surface area contributed by atoms with Crippen LogP contribution in [0.15, 0.2) is 18.2 Å². The first-order valence-electron chi connectivity index (χ1n) is 5.84. The zero-order valence-electron chi connectivity index (χ0n) is 10.3. The van der Waals surface area contributed by atoms with Crippen LogP contribution in [0.3, 0.4) is 0 Å². The van der Waals surface area contributed by atoms with Crippen molar-refractivity contribution in [3.63, 3.8) is 0 Å². The van der Waals surface area contributed by atoms with E-state index in [1.807, 2.05) is 26.0 Å². The summed E-state index contributed by atoms with van der Waals surface area (Å²) in [5, 5.41) is 13.7. The van der Waals surface area contributed by atoms with Gasteiger partial charge in [-0.05, 0) is 18.2 Å². The summed E-state index contributed by atoms with van der Waals surface area (Å²) >= 11 is 6.03. The molecule has 0 radical (unpaired) electrons. The van der Waals surface area contributed by atoms with Crippen molar-refractivity contribution in [2.45, 2.75) is 26.7 Å². The number of hydrogen-bond donors (Lipinski definition) is 0. The fraction of sp³-hybridized carbons (Fsp3) is 0.308. The zero-order valence-corrected chi connectivity index (χ0v) is 11.1. The summed E-state index contributed by atoms with van der Waals surface area (Å²) < 4.78 is 1.78. The second-order valence-corrected chi connectivity index (χ2v) is 4.25. The summed E-state index contributed by atoms with van der Waals surface area (Å²) in [5.41, 5.74) is 1.30. The van der Waals surface area contributed by atoms with Crippen molar-refractivity contribution < 1.29 is 0 Å². The Bertz CT molecular complexity index is 610. The Labute approximate surface area is 111 Å². The lowest BCUT2D eigenvalue weighted by Crippen LogP contribution is -2.02. The van der Waals surface area contributed by atoms with E-state index in [2.05, 4.69) is 10.1 Å². The van der Waals surface area contributed by atoms with Crippen molar-refractivity contribution in [1.29, 1.82) is 5.26 Å². The van der Waals surface area contributed by atoms with Crippen LogP contribution in [-0.2, 0) is 12.8 Å². The van der Waals surface area contributed by atoms with E-state index in [0.717, 1.165) is 30.2 Å². The monoisotopic (exact) mass is 260 g/mol. The van der Waals surface area contributed by atoms with E-state index in [1.54, 1.807) is 16.8 Å². The van der Waals surface area contributed by atoms with E-state index in [1.165, 1.54) is 0 Å². The van der Waals surface area contributed by atoms with Gasteiger partial charge in [0.25, 0.3) is 0 Å². The van der Waals surface area contributed by atoms with Gasteiger partial charge in [0, 0.05) is 12.8 Å². The van der Waals surface area contributed by atoms with E-state index >= 15 is 0 Å². The minimum atomic E-state index is 0.436. The third-order valence-electron chi connectivity index (χ3n) is 2.67. The first kappa shape index (κ1) is 12.6. The van der Waals surface area contributed by atoms with Crippen LogP contribution in [0.1, 0.15) is 31.1 Å². The van der Waals surface area contributed by atoms with Crippen LogP contribution in [0.25, 0.3) is 5.69 Å². The van der Waals surface area contributed by atoms with E-state index in [9.17, 15) is 0 Å². The number of benzene rings is 1. The van der Waals surface area contributed by atoms with Crippen molar-refractivity contribution in [2.75, 3.05) is 0 Å². The van der Waals surface area contributed by atoms with E-state index in [0.29, 0.717) is 10.6 Å². The van der Waals surface area contributed by atoms with Crippen LogP contribution in [0, 0.1) is 11.3 Å². The molecule has 2 aromatic rings. The van der Waals surface area contributed by atoms with E-state index in [-0.39, 0.29) is 0 Å². The summed E-state index contributed by atoms with van der Waals surface area (Å²) in [6.45, 7) is 4.05. The maximum atomic E-state index is 8.85. The van der Waals surface area contributed by atoms with Crippen LogP contribution in [0.4, 0.5) is 0 Å². The molecule has 0 bridgehead atoms. The number of rotatable bonds is 3. The van der Waals surface area contributed by atoms with Crippen LogP contribution in [0.2, 0.25) is 5.02 Å². The highest BCUT2D eigenvalue weighted by atomic mass is 35.5. The number of nitrogens with zero attached hydrogens (tertiary/aromatic N) is 4. The fourth-order valence-electron chi connectivity index (χ4n) is 1.70. The van der Waals surface area contributed by atoms with Gasteiger partial charge < -0.3 is 0 Å². The normalized spacial score (nSPS) is 10.3. The SMILES string of the molecule is CCc1nc(CC)n(-c2ccc(C#N)c(Cl)c2)n1. The lowest BCUT2D eigenvalue weighted by molar-refractivity contribution is 0.791. The zero-order chi connectivity index (χ0) is 13.1. The molecule has 1 aromatic heterocycles. The molecule has 0 aliphatic rings. The van der Waals surface area contributed by atoms with Gasteiger partial charge in [0.1, 0.15) is 11.9 Å². The van der Waals surface area contributed by atoms with Crippen LogP contribution >= 0.6 is 11.6 Å². The molecule has 1 aromatic carbocycles. The molecule has 0 fully saturated rings. The second kappa shape index (κ2) is 5.19. The Morgan fingerprint density at radius 1 is 1.33 bits per heavy atom. The Kier molecular flexibility index (Phi) is 3.63. The van der Waals surface area contributed by atoms with Gasteiger partial charge in [-0.2, -0.15) is 10.4 Å². The number of nitriles is 1. The number of aromatic nitrogens is 3. The minimum absolute atomic E-state index is 0.436. The van der Waals surface area contributed by atoms with Gasteiger partial charge in [0.2, 0.25) is 0 Å². The van der Waals surface area contributed by atoms with Crippen molar-refractivity contribution in [1.82, 2.24) is 14.8 Å². The highest BCUT2D eigenvalue weighted by Crippen LogP contribution is 2.20. The molecule has 18 heavy (non-hydrogen) atoms. The molecule has 0 atom stereocenters. The topological polar surface area (TPSA) is 54.5 Å². The number of hydrogen-bond acceptors (Lipinski definition) is 3. The van der Waals surface area contributed by atoms with Gasteiger partial charge in [-0.15, -0.1) is 0 Å². The quantitative estimate of drug-likeness (QED) is 0.853. The lowest BCUT2D eigenvalue weighted by Gasteiger charge is -2.05. The van der Waals surface area contributed by atoms with Crippen LogP contribution in [-0.4, -0.2) is 14.8 Å². The smallest absolute Gasteiger partial charge is 0.151 e. The second-order valence-electron chi connectivity index (χ2n) is 3.84. The highest BCUT2D eigenvalue weighted by Gasteiger charge is 2.10. The van der Waals surface area contributed by atoms with Gasteiger partial charge in [-0.25, -0.2) is 9.67 Å². The first-order chi connectivity index (χ1) is 8.69. The molecule has 0 amide bonds. The highest BCUT2D eigenvalue weighted by molar-refractivity contribution is 6.31. The molecule has 5 heteroatoms. The van der Waals surface area contributed by atoms with Gasteiger partial charge in [0.05, 0.1) is 16.3 Å². The summed E-state index contributed by atoms with van der Waals surface area (Å²) in [6, 6.07) is 7.31. The molecular weight excluding hydrogens is 248 g/mol. The predicted molar refractivity (Wildman–Crippen MR) is 69.8 cm³/mol. The van der Waals surface area contributed by atoms with E-state index in [4.69, 9.17) is 16.9 Å². The molecule has 0 aliphatic carbocycles. The average molecular weight is 261 g/mol. The van der Waals surface area contributed by atoms with Gasteiger partial charge in [-0.3, -0.25) is 0 Å². The predicted octanol–water partition coefficient (Wildman–Crippen LogP) is 2.92. The Morgan fingerprint density at radius 2 is 2.11 bits per heavy atom. The molecule has 0 spiro atoms. The van der Waals surface area contributed by atoms with Gasteiger partial charge in [0.15, 0.2) is 5.82 Å². The largest absolute Gasteiger partial charge is 0.218 e. The molecule has 0 N–H and O–H groups in total. The molecule has 2 rings (SSSR count). The van der Waals surface area contributed by atoms with Crippen molar-refractivity contribution in [3.8, 4) is 11.8 Å². The summed E-state index contributed by atoms with van der Waals surface area (Å²) in [5.74, 6) is 1.71. The molecule has 0 aliphatic heterocycles. The third kappa shape index (κ3) is 2.22. The van der Waals surface area contributed by atoms with E-state index < -0.39 is 0 Å². The van der Waals surface area contributed by atoms with Gasteiger partial charge in [-0.1, -0.05) is 25.4 Å². The standard InChI is InChI=1S/C13H13ClN4/c1-3-12-16-13(4-2)18(17-12)10-6-5-9(8-15)11(14)7-10/h5-7H,3-4H2,1-2H3. The Balaban J connectivity index is 2.51. The molecule has 4 nitrogen and oxygen atoms in total. The molecule has 0 saturated heterocycles. The van der Waals surface area contributed by atoms with Crippen molar-refractivity contribution in [3.05, 3.63) is 40.4 Å². The molecular formula is C13H13ClN4. The summed E-state index contributed by atoms with van der Waals surface area (Å²) in [7, 11) is 0. The Morgan fingerprint density at radius 3 is 2.67 bits per heavy atom. The molecule has 92 valence electrons.